The quantitative estimate of drug-likeness (QED) is 0.369. The van der Waals surface area contributed by atoms with Crippen LogP contribution in [0.15, 0.2) is 22.1 Å². The number of benzene rings is 1. The van der Waals surface area contributed by atoms with Crippen molar-refractivity contribution in [2.24, 2.45) is 9.98 Å². The summed E-state index contributed by atoms with van der Waals surface area (Å²) in [4.78, 5) is 27.6. The molecule has 1 aliphatic rings. The molecule has 2 amide bonds. The molecule has 0 saturated heterocycles. The van der Waals surface area contributed by atoms with E-state index in [1.54, 1.807) is 0 Å². The van der Waals surface area contributed by atoms with Crippen LogP contribution in [0, 0.1) is 10.1 Å². The molecule has 0 aromatic heterocycles. The maximum atomic E-state index is 10.7. The molecule has 14 heavy (non-hydrogen) atoms. The summed E-state index contributed by atoms with van der Waals surface area (Å²) in [6.07, 6.45) is 0. The van der Waals surface area contributed by atoms with E-state index < -0.39 is 11.0 Å². The molecule has 0 atom stereocenters. The van der Waals surface area contributed by atoms with E-state index in [9.17, 15) is 14.9 Å². The molecule has 0 aliphatic carbocycles. The van der Waals surface area contributed by atoms with Crippen LogP contribution in [-0.2, 0) is 0 Å². The lowest BCUT2D eigenvalue weighted by atomic mass is 10.2. The molecule has 1 aliphatic heterocycles. The standard InChI is InChI=1S/C7H4N4O3/c8-3-1-4-5(10-7(12)9-4)2-6(3)11(13)14/h1-2H,8H2. The largest absolute Gasteiger partial charge is 0.393 e. The second-order valence-corrected chi connectivity index (χ2v) is 2.66. The molecule has 7 nitrogen and oxygen atoms in total. The molecule has 1 heterocycles. The number of hydrogen-bond acceptors (Lipinski definition) is 4. The molecule has 1 aromatic rings. The number of amides is 2. The number of nitrogen functional groups attached to an aromatic ring is 1. The first-order chi connectivity index (χ1) is 6.58. The minimum Gasteiger partial charge on any atom is -0.393 e. The number of carbonyl (C=O) groups excluding carboxylic acids is 1. The number of nitrogens with two attached hydrogens (primary N) is 1. The van der Waals surface area contributed by atoms with E-state index in [-0.39, 0.29) is 22.1 Å². The van der Waals surface area contributed by atoms with Crippen molar-refractivity contribution in [3.63, 3.8) is 0 Å². The SMILES string of the molecule is Nc1cc2c(cc1[N+](=O)[O-])=NC(=O)N=2. The summed E-state index contributed by atoms with van der Waals surface area (Å²) in [6.45, 7) is 0. The highest BCUT2D eigenvalue weighted by Crippen LogP contribution is 2.15. The first-order valence-electron chi connectivity index (χ1n) is 3.63. The maximum absolute atomic E-state index is 10.7. The van der Waals surface area contributed by atoms with Crippen LogP contribution in [0.3, 0.4) is 0 Å². The zero-order chi connectivity index (χ0) is 10.3. The molecule has 2 N–H and O–H groups in total. The van der Waals surface area contributed by atoms with Gasteiger partial charge in [0.2, 0.25) is 0 Å². The molecular weight excluding hydrogens is 188 g/mol. The Balaban J connectivity index is 2.81. The lowest BCUT2D eigenvalue weighted by Gasteiger charge is -1.93. The van der Waals surface area contributed by atoms with E-state index >= 15 is 0 Å². The van der Waals surface area contributed by atoms with Crippen molar-refractivity contribution in [2.45, 2.75) is 0 Å². The summed E-state index contributed by atoms with van der Waals surface area (Å²) >= 11 is 0. The first kappa shape index (κ1) is 8.30. The van der Waals surface area contributed by atoms with Crippen LogP contribution in [-0.4, -0.2) is 11.0 Å². The predicted octanol–water partition coefficient (Wildman–Crippen LogP) is -0.450. The number of rotatable bonds is 1. The molecule has 0 bridgehead atoms. The Labute approximate surface area is 76.7 Å². The van der Waals surface area contributed by atoms with Crippen LogP contribution >= 0.6 is 0 Å². The Hall–Kier alpha value is -2.31. The Morgan fingerprint density at radius 3 is 2.43 bits per heavy atom. The number of hydrogen-bond donors (Lipinski definition) is 1. The number of nitrogens with zero attached hydrogens (tertiary/aromatic N) is 3. The van der Waals surface area contributed by atoms with Crippen LogP contribution < -0.4 is 16.4 Å². The Morgan fingerprint density at radius 1 is 1.29 bits per heavy atom. The minimum atomic E-state index is -0.667. The van der Waals surface area contributed by atoms with Gasteiger partial charge in [-0.05, 0) is 6.07 Å². The normalized spacial score (nSPS) is 13.0. The topological polar surface area (TPSA) is 111 Å². The van der Waals surface area contributed by atoms with E-state index in [1.165, 1.54) is 6.07 Å². The minimum absolute atomic E-state index is 0.0256. The summed E-state index contributed by atoms with van der Waals surface area (Å²) in [5.74, 6) is 0. The highest BCUT2D eigenvalue weighted by molar-refractivity contribution is 5.78. The van der Waals surface area contributed by atoms with Gasteiger partial charge in [0, 0.05) is 6.07 Å². The van der Waals surface area contributed by atoms with Gasteiger partial charge < -0.3 is 5.73 Å². The summed E-state index contributed by atoms with van der Waals surface area (Å²) in [5.41, 5.74) is 5.09. The molecular formula is C7H4N4O3. The molecule has 0 radical (unpaired) electrons. The van der Waals surface area contributed by atoms with Crippen LogP contribution in [0.5, 0.6) is 0 Å². The highest BCUT2D eigenvalue weighted by atomic mass is 16.6. The van der Waals surface area contributed by atoms with Crippen LogP contribution in [0.1, 0.15) is 0 Å². The van der Waals surface area contributed by atoms with Gasteiger partial charge in [0.05, 0.1) is 10.3 Å². The molecule has 2 rings (SSSR count). The van der Waals surface area contributed by atoms with Crippen molar-refractivity contribution in [3.8, 4) is 0 Å². The van der Waals surface area contributed by atoms with Crippen molar-refractivity contribution in [2.75, 3.05) is 5.73 Å². The van der Waals surface area contributed by atoms with E-state index in [1.807, 2.05) is 0 Å². The molecule has 0 fully saturated rings. The monoisotopic (exact) mass is 192 g/mol. The average Bonchev–Trinajstić information content (AvgIpc) is 2.42. The summed E-state index contributed by atoms with van der Waals surface area (Å²) in [6, 6.07) is 1.74. The maximum Gasteiger partial charge on any atom is 0.368 e. The van der Waals surface area contributed by atoms with Crippen LogP contribution in [0.25, 0.3) is 0 Å². The lowest BCUT2D eigenvalue weighted by Crippen LogP contribution is -2.22. The fraction of sp³-hybridized carbons (Fsp3) is 0. The van der Waals surface area contributed by atoms with Gasteiger partial charge in [0.25, 0.3) is 5.69 Å². The fourth-order valence-electron chi connectivity index (χ4n) is 1.15. The zero-order valence-electron chi connectivity index (χ0n) is 6.80. The zero-order valence-corrected chi connectivity index (χ0v) is 6.80. The number of nitro groups is 1. The fourth-order valence-corrected chi connectivity index (χ4v) is 1.15. The molecule has 0 unspecified atom stereocenters. The third kappa shape index (κ3) is 1.11. The third-order valence-electron chi connectivity index (χ3n) is 1.75. The second kappa shape index (κ2) is 2.59. The first-order valence-corrected chi connectivity index (χ1v) is 3.63. The Kier molecular flexibility index (Phi) is 1.53. The van der Waals surface area contributed by atoms with Crippen LogP contribution in [0.2, 0.25) is 0 Å². The Morgan fingerprint density at radius 2 is 1.86 bits per heavy atom. The molecule has 1 aromatic carbocycles. The van der Waals surface area contributed by atoms with Gasteiger partial charge in [-0.1, -0.05) is 0 Å². The van der Waals surface area contributed by atoms with Gasteiger partial charge in [0.15, 0.2) is 0 Å². The summed E-state index contributed by atoms with van der Waals surface area (Å²) < 4.78 is 0. The number of anilines is 1. The predicted molar refractivity (Wildman–Crippen MR) is 45.2 cm³/mol. The van der Waals surface area contributed by atoms with Crippen molar-refractivity contribution in [3.05, 3.63) is 33.0 Å². The molecule has 0 saturated carbocycles. The van der Waals surface area contributed by atoms with Gasteiger partial charge in [0.1, 0.15) is 11.0 Å². The van der Waals surface area contributed by atoms with Gasteiger partial charge >= 0.3 is 6.03 Å². The van der Waals surface area contributed by atoms with E-state index in [4.69, 9.17) is 5.73 Å². The van der Waals surface area contributed by atoms with E-state index in [2.05, 4.69) is 9.98 Å². The number of carbonyl (C=O) groups is 1. The van der Waals surface area contributed by atoms with Gasteiger partial charge in [-0.15, -0.1) is 0 Å². The average molecular weight is 192 g/mol. The van der Waals surface area contributed by atoms with Gasteiger partial charge in [-0.2, -0.15) is 9.98 Å². The summed E-state index contributed by atoms with van der Waals surface area (Å²) in [7, 11) is 0. The smallest absolute Gasteiger partial charge is 0.368 e. The molecule has 70 valence electrons. The van der Waals surface area contributed by atoms with Crippen molar-refractivity contribution in [1.82, 2.24) is 0 Å². The van der Waals surface area contributed by atoms with Crippen molar-refractivity contribution in [1.29, 1.82) is 0 Å². The second-order valence-electron chi connectivity index (χ2n) is 2.66. The lowest BCUT2D eigenvalue weighted by molar-refractivity contribution is -0.384. The van der Waals surface area contributed by atoms with Crippen LogP contribution in [0.4, 0.5) is 16.2 Å². The van der Waals surface area contributed by atoms with Gasteiger partial charge in [-0.25, -0.2) is 4.79 Å². The van der Waals surface area contributed by atoms with Crippen molar-refractivity contribution >= 4 is 17.4 Å². The number of fused-ring (bicyclic) bond motifs is 1. The van der Waals surface area contributed by atoms with Crippen molar-refractivity contribution < 1.29 is 9.72 Å². The van der Waals surface area contributed by atoms with E-state index in [0.717, 1.165) is 6.07 Å². The molecule has 7 heteroatoms. The number of urea groups is 1. The Bertz CT molecular complexity index is 563. The summed E-state index contributed by atoms with van der Waals surface area (Å²) in [5, 5.41) is 10.9. The molecule has 0 spiro atoms. The highest BCUT2D eigenvalue weighted by Gasteiger charge is 2.15. The number of nitro benzene ring substituents is 1. The third-order valence-corrected chi connectivity index (χ3v) is 1.75. The van der Waals surface area contributed by atoms with E-state index in [0.29, 0.717) is 0 Å². The van der Waals surface area contributed by atoms with Gasteiger partial charge in [-0.3, -0.25) is 10.1 Å².